The van der Waals surface area contributed by atoms with Gasteiger partial charge in [-0.25, -0.2) is 0 Å². The van der Waals surface area contributed by atoms with Gasteiger partial charge >= 0.3 is 0 Å². The molecule has 1 aromatic carbocycles. The first-order valence-corrected chi connectivity index (χ1v) is 9.08. The van der Waals surface area contributed by atoms with Crippen molar-refractivity contribution in [2.45, 2.75) is 43.9 Å². The van der Waals surface area contributed by atoms with Crippen molar-refractivity contribution in [3.8, 4) is 5.75 Å². The van der Waals surface area contributed by atoms with E-state index in [1.807, 2.05) is 18.3 Å². The molecule has 0 saturated carbocycles. The molecule has 0 amide bonds. The Hall–Kier alpha value is -2.27. The van der Waals surface area contributed by atoms with E-state index in [9.17, 15) is 0 Å². The maximum Gasteiger partial charge on any atom is 0.144 e. The number of fused-ring (bicyclic) bond motifs is 3. The summed E-state index contributed by atoms with van der Waals surface area (Å²) in [6.45, 7) is 0.908. The second-order valence-corrected chi connectivity index (χ2v) is 7.28. The van der Waals surface area contributed by atoms with E-state index in [2.05, 4.69) is 27.4 Å². The number of anilines is 1. The molecule has 1 aliphatic carbocycles. The molecule has 2 aromatic rings. The number of rotatable bonds is 2. The first-order chi connectivity index (χ1) is 12.3. The van der Waals surface area contributed by atoms with Crippen molar-refractivity contribution in [2.75, 3.05) is 19.0 Å². The standard InChI is InChI=1S/C20H23N3O2/c1-24-14-5-3-13(4-6-14)19-21-12-17-18(23-19)15-11-20(8-2-10-25-20)9-7-16(15)22-17/h3-6,12,19,22-23H,2,7-11H2,1H3. The Morgan fingerprint density at radius 3 is 2.88 bits per heavy atom. The first kappa shape index (κ1) is 15.0. The zero-order chi connectivity index (χ0) is 16.9. The molecule has 3 heterocycles. The highest BCUT2D eigenvalue weighted by molar-refractivity contribution is 5.90. The highest BCUT2D eigenvalue weighted by Gasteiger charge is 2.41. The summed E-state index contributed by atoms with van der Waals surface area (Å²) in [7, 11) is 1.69. The van der Waals surface area contributed by atoms with Crippen LogP contribution < -0.4 is 10.1 Å². The van der Waals surface area contributed by atoms with Crippen molar-refractivity contribution in [3.05, 3.63) is 46.8 Å². The molecule has 2 N–H and O–H groups in total. The van der Waals surface area contributed by atoms with Gasteiger partial charge < -0.3 is 19.8 Å². The normalized spacial score (nSPS) is 27.0. The van der Waals surface area contributed by atoms with Crippen LogP contribution in [0.4, 0.5) is 5.69 Å². The molecular formula is C20H23N3O2. The van der Waals surface area contributed by atoms with Gasteiger partial charge in [0.05, 0.1) is 24.1 Å². The second kappa shape index (κ2) is 5.63. The zero-order valence-electron chi connectivity index (χ0n) is 14.5. The summed E-state index contributed by atoms with van der Waals surface area (Å²) in [5.41, 5.74) is 6.26. The third kappa shape index (κ3) is 2.45. The van der Waals surface area contributed by atoms with E-state index >= 15 is 0 Å². The Morgan fingerprint density at radius 2 is 2.12 bits per heavy atom. The molecular weight excluding hydrogens is 314 g/mol. The number of hydrogen-bond donors (Lipinski definition) is 2. The summed E-state index contributed by atoms with van der Waals surface area (Å²) in [5.74, 6) is 0.864. The molecule has 1 fully saturated rings. The van der Waals surface area contributed by atoms with Gasteiger partial charge in [0.15, 0.2) is 0 Å². The maximum absolute atomic E-state index is 6.15. The SMILES string of the molecule is COc1ccc(C2N=Cc3[nH]c4c(c3N2)CC2(CCCO2)CC4)cc1. The minimum atomic E-state index is -0.0549. The molecule has 5 rings (SSSR count). The highest BCUT2D eigenvalue weighted by Crippen LogP contribution is 2.43. The van der Waals surface area contributed by atoms with Gasteiger partial charge in [0.2, 0.25) is 0 Å². The van der Waals surface area contributed by atoms with Crippen molar-refractivity contribution in [2.24, 2.45) is 4.99 Å². The van der Waals surface area contributed by atoms with E-state index < -0.39 is 0 Å². The molecule has 25 heavy (non-hydrogen) atoms. The molecule has 2 aliphatic heterocycles. The summed E-state index contributed by atoms with van der Waals surface area (Å²) in [6, 6.07) is 8.10. The van der Waals surface area contributed by atoms with Crippen LogP contribution in [0.1, 0.15) is 47.9 Å². The van der Waals surface area contributed by atoms with Crippen molar-refractivity contribution in [1.29, 1.82) is 0 Å². The van der Waals surface area contributed by atoms with E-state index in [-0.39, 0.29) is 11.8 Å². The van der Waals surface area contributed by atoms with Crippen LogP contribution >= 0.6 is 0 Å². The van der Waals surface area contributed by atoms with Gasteiger partial charge in [-0.2, -0.15) is 0 Å². The van der Waals surface area contributed by atoms with Gasteiger partial charge in [0.25, 0.3) is 0 Å². The molecule has 1 saturated heterocycles. The van der Waals surface area contributed by atoms with Gasteiger partial charge in [0.1, 0.15) is 11.9 Å². The largest absolute Gasteiger partial charge is 0.497 e. The lowest BCUT2D eigenvalue weighted by molar-refractivity contribution is -0.00661. The Kier molecular flexibility index (Phi) is 3.38. The molecule has 3 aliphatic rings. The van der Waals surface area contributed by atoms with E-state index in [0.717, 1.165) is 42.9 Å². The number of aromatic amines is 1. The van der Waals surface area contributed by atoms with Gasteiger partial charge in [-0.15, -0.1) is 0 Å². The molecule has 2 unspecified atom stereocenters. The average Bonchev–Trinajstić information content (AvgIpc) is 3.26. The van der Waals surface area contributed by atoms with Crippen LogP contribution in [0.3, 0.4) is 0 Å². The summed E-state index contributed by atoms with van der Waals surface area (Å²) in [4.78, 5) is 8.25. The quantitative estimate of drug-likeness (QED) is 0.880. The summed E-state index contributed by atoms with van der Waals surface area (Å²) in [6.07, 6.45) is 7.48. The fourth-order valence-corrected chi connectivity index (χ4v) is 4.42. The van der Waals surface area contributed by atoms with Crippen LogP contribution in [0, 0.1) is 0 Å². The smallest absolute Gasteiger partial charge is 0.144 e. The fourth-order valence-electron chi connectivity index (χ4n) is 4.42. The summed E-state index contributed by atoms with van der Waals surface area (Å²) < 4.78 is 11.4. The molecule has 1 spiro atoms. The first-order valence-electron chi connectivity index (χ1n) is 9.08. The lowest BCUT2D eigenvalue weighted by Gasteiger charge is -2.33. The Morgan fingerprint density at radius 1 is 1.24 bits per heavy atom. The van der Waals surface area contributed by atoms with Gasteiger partial charge in [-0.3, -0.25) is 4.99 Å². The number of hydrogen-bond acceptors (Lipinski definition) is 4. The number of methoxy groups -OCH3 is 1. The van der Waals surface area contributed by atoms with Crippen molar-refractivity contribution < 1.29 is 9.47 Å². The Labute approximate surface area is 147 Å². The van der Waals surface area contributed by atoms with Crippen molar-refractivity contribution >= 4 is 11.9 Å². The highest BCUT2D eigenvalue weighted by atomic mass is 16.5. The topological polar surface area (TPSA) is 58.6 Å². The Bertz CT molecular complexity index is 816. The summed E-state index contributed by atoms with van der Waals surface area (Å²) >= 11 is 0. The number of ether oxygens (including phenoxy) is 2. The van der Waals surface area contributed by atoms with Crippen molar-refractivity contribution in [1.82, 2.24) is 4.98 Å². The molecule has 0 bridgehead atoms. The third-order valence-corrected chi connectivity index (χ3v) is 5.80. The lowest BCUT2D eigenvalue weighted by Crippen LogP contribution is -2.35. The van der Waals surface area contributed by atoms with Crippen molar-refractivity contribution in [3.63, 3.8) is 0 Å². The van der Waals surface area contributed by atoms with Gasteiger partial charge in [0, 0.05) is 24.9 Å². The molecule has 2 atom stereocenters. The van der Waals surface area contributed by atoms with E-state index in [1.165, 1.54) is 29.8 Å². The molecule has 1 aromatic heterocycles. The van der Waals surface area contributed by atoms with Crippen LogP contribution in [-0.2, 0) is 17.6 Å². The number of nitrogens with zero attached hydrogens (tertiary/aromatic N) is 1. The number of aryl methyl sites for hydroxylation is 1. The number of benzene rings is 1. The number of H-pyrrole nitrogens is 1. The third-order valence-electron chi connectivity index (χ3n) is 5.80. The van der Waals surface area contributed by atoms with E-state index in [1.54, 1.807) is 7.11 Å². The van der Waals surface area contributed by atoms with Gasteiger partial charge in [-0.05, 0) is 48.9 Å². The summed E-state index contributed by atoms with van der Waals surface area (Å²) in [5, 5.41) is 3.64. The second-order valence-electron chi connectivity index (χ2n) is 7.28. The van der Waals surface area contributed by atoms with Crippen LogP contribution in [0.25, 0.3) is 0 Å². The van der Waals surface area contributed by atoms with Gasteiger partial charge in [-0.1, -0.05) is 12.1 Å². The van der Waals surface area contributed by atoms with Crippen LogP contribution in [0.15, 0.2) is 29.3 Å². The fraction of sp³-hybridized carbons (Fsp3) is 0.450. The molecule has 0 radical (unpaired) electrons. The Balaban J connectivity index is 1.45. The monoisotopic (exact) mass is 337 g/mol. The maximum atomic E-state index is 6.15. The predicted octanol–water partition coefficient (Wildman–Crippen LogP) is 3.60. The average molecular weight is 337 g/mol. The minimum absolute atomic E-state index is 0.0549. The number of aliphatic imine (C=N–C) groups is 1. The minimum Gasteiger partial charge on any atom is -0.497 e. The van der Waals surface area contributed by atoms with E-state index in [0.29, 0.717) is 0 Å². The van der Waals surface area contributed by atoms with E-state index in [4.69, 9.17) is 9.47 Å². The van der Waals surface area contributed by atoms with Crippen LogP contribution in [0.2, 0.25) is 0 Å². The molecule has 5 nitrogen and oxygen atoms in total. The molecule has 5 heteroatoms. The van der Waals surface area contributed by atoms with Crippen LogP contribution in [-0.4, -0.2) is 30.5 Å². The number of aromatic nitrogens is 1. The van der Waals surface area contributed by atoms with Crippen LogP contribution in [0.5, 0.6) is 5.75 Å². The zero-order valence-corrected chi connectivity index (χ0v) is 14.5. The number of nitrogens with one attached hydrogen (secondary N) is 2. The molecule has 130 valence electrons. The lowest BCUT2D eigenvalue weighted by atomic mass is 9.81. The predicted molar refractivity (Wildman–Crippen MR) is 97.7 cm³/mol.